The minimum absolute atomic E-state index is 0.0165. The fourth-order valence-corrected chi connectivity index (χ4v) is 3.82. The summed E-state index contributed by atoms with van der Waals surface area (Å²) in [7, 11) is 0. The summed E-state index contributed by atoms with van der Waals surface area (Å²) in [5, 5.41) is 0.0165. The number of benzene rings is 1. The van der Waals surface area contributed by atoms with Gasteiger partial charge in [0.05, 0.1) is 10.9 Å². The molecule has 0 amide bonds. The SMILES string of the molecule is CCn1c(=O)oc2cc(C(Cl)C3CCCCCC3)ccc21. The van der Waals surface area contributed by atoms with Crippen LogP contribution in [0.3, 0.4) is 0 Å². The van der Waals surface area contributed by atoms with Crippen LogP contribution < -0.4 is 5.76 Å². The minimum Gasteiger partial charge on any atom is -0.408 e. The summed E-state index contributed by atoms with van der Waals surface area (Å²) in [4.78, 5) is 11.8. The second kappa shape index (κ2) is 6.27. The third-order valence-corrected chi connectivity index (χ3v) is 5.25. The highest BCUT2D eigenvalue weighted by Crippen LogP contribution is 2.38. The Balaban J connectivity index is 1.91. The van der Waals surface area contributed by atoms with Gasteiger partial charge in [-0.25, -0.2) is 4.79 Å². The van der Waals surface area contributed by atoms with Crippen LogP contribution in [-0.2, 0) is 6.54 Å². The van der Waals surface area contributed by atoms with E-state index in [1.165, 1.54) is 38.5 Å². The number of alkyl halides is 1. The van der Waals surface area contributed by atoms with Crippen molar-refractivity contribution >= 4 is 22.7 Å². The lowest BCUT2D eigenvalue weighted by Crippen LogP contribution is -2.12. The van der Waals surface area contributed by atoms with Crippen molar-refractivity contribution in [2.75, 3.05) is 0 Å². The van der Waals surface area contributed by atoms with Crippen LogP contribution in [0.15, 0.2) is 27.4 Å². The molecule has 21 heavy (non-hydrogen) atoms. The number of fused-ring (bicyclic) bond motifs is 1. The summed E-state index contributed by atoms with van der Waals surface area (Å²) in [5.74, 6) is 0.247. The van der Waals surface area contributed by atoms with Gasteiger partial charge in [0, 0.05) is 6.54 Å². The Labute approximate surface area is 129 Å². The zero-order valence-corrected chi connectivity index (χ0v) is 13.2. The number of halogens is 1. The summed E-state index contributed by atoms with van der Waals surface area (Å²) in [6, 6.07) is 5.96. The monoisotopic (exact) mass is 307 g/mol. The molecule has 0 radical (unpaired) electrons. The Hall–Kier alpha value is -1.22. The van der Waals surface area contributed by atoms with Crippen molar-refractivity contribution in [3.05, 3.63) is 34.3 Å². The number of rotatable bonds is 3. The van der Waals surface area contributed by atoms with Crippen LogP contribution in [0.25, 0.3) is 11.1 Å². The molecule has 1 aromatic heterocycles. The van der Waals surface area contributed by atoms with Crippen LogP contribution >= 0.6 is 11.6 Å². The number of aromatic nitrogens is 1. The number of hydrogen-bond acceptors (Lipinski definition) is 2. The van der Waals surface area contributed by atoms with E-state index in [0.717, 1.165) is 11.1 Å². The lowest BCUT2D eigenvalue weighted by Gasteiger charge is -2.20. The van der Waals surface area contributed by atoms with Crippen LogP contribution in [-0.4, -0.2) is 4.57 Å². The molecule has 1 atom stereocenters. The molecule has 1 aliphatic carbocycles. The Kier molecular flexibility index (Phi) is 4.39. The third kappa shape index (κ3) is 2.89. The molecule has 4 heteroatoms. The summed E-state index contributed by atoms with van der Waals surface area (Å²) < 4.78 is 6.99. The highest BCUT2D eigenvalue weighted by Gasteiger charge is 2.23. The first-order valence-electron chi connectivity index (χ1n) is 7.98. The first-order valence-corrected chi connectivity index (χ1v) is 8.41. The molecule has 1 aromatic carbocycles. The van der Waals surface area contributed by atoms with E-state index in [1.54, 1.807) is 4.57 Å². The van der Waals surface area contributed by atoms with Gasteiger partial charge < -0.3 is 4.42 Å². The predicted molar refractivity (Wildman–Crippen MR) is 85.9 cm³/mol. The molecule has 3 nitrogen and oxygen atoms in total. The van der Waals surface area contributed by atoms with Gasteiger partial charge in [-0.3, -0.25) is 4.57 Å². The van der Waals surface area contributed by atoms with Crippen LogP contribution in [0.2, 0.25) is 0 Å². The molecular weight excluding hydrogens is 286 g/mol. The zero-order chi connectivity index (χ0) is 14.8. The molecule has 1 saturated carbocycles. The molecule has 0 N–H and O–H groups in total. The fraction of sp³-hybridized carbons (Fsp3) is 0.588. The first kappa shape index (κ1) is 14.7. The summed E-state index contributed by atoms with van der Waals surface area (Å²) in [6.45, 7) is 2.57. The van der Waals surface area contributed by atoms with Gasteiger partial charge in [0.25, 0.3) is 0 Å². The topological polar surface area (TPSA) is 35.1 Å². The Morgan fingerprint density at radius 1 is 1.29 bits per heavy atom. The van der Waals surface area contributed by atoms with E-state index in [9.17, 15) is 4.79 Å². The predicted octanol–water partition coefficient (Wildman–Crippen LogP) is 4.86. The van der Waals surface area contributed by atoms with Crippen LogP contribution in [0.1, 0.15) is 56.4 Å². The van der Waals surface area contributed by atoms with E-state index in [0.29, 0.717) is 18.0 Å². The van der Waals surface area contributed by atoms with E-state index in [-0.39, 0.29) is 11.1 Å². The first-order chi connectivity index (χ1) is 10.2. The zero-order valence-electron chi connectivity index (χ0n) is 12.5. The van der Waals surface area contributed by atoms with Gasteiger partial charge in [-0.05, 0) is 43.4 Å². The average molecular weight is 308 g/mol. The van der Waals surface area contributed by atoms with Crippen molar-refractivity contribution in [2.45, 2.75) is 57.4 Å². The lowest BCUT2D eigenvalue weighted by atomic mass is 9.92. The van der Waals surface area contributed by atoms with Crippen molar-refractivity contribution < 1.29 is 4.42 Å². The van der Waals surface area contributed by atoms with Crippen molar-refractivity contribution in [1.82, 2.24) is 4.57 Å². The Bertz CT molecular complexity index is 665. The second-order valence-electron chi connectivity index (χ2n) is 5.99. The normalized spacial score (nSPS) is 18.8. The maximum absolute atomic E-state index is 11.8. The molecule has 1 fully saturated rings. The molecule has 0 saturated heterocycles. The average Bonchev–Trinajstić information content (AvgIpc) is 2.68. The van der Waals surface area contributed by atoms with Gasteiger partial charge in [-0.2, -0.15) is 0 Å². The molecule has 0 aliphatic heterocycles. The van der Waals surface area contributed by atoms with Crippen molar-refractivity contribution in [3.8, 4) is 0 Å². The largest absolute Gasteiger partial charge is 0.419 e. The molecular formula is C17H22ClNO2. The molecule has 0 spiro atoms. The second-order valence-corrected chi connectivity index (χ2v) is 6.46. The van der Waals surface area contributed by atoms with Gasteiger partial charge in [0.15, 0.2) is 5.58 Å². The summed E-state index contributed by atoms with van der Waals surface area (Å²) >= 11 is 6.71. The maximum atomic E-state index is 11.8. The van der Waals surface area contributed by atoms with E-state index < -0.39 is 0 Å². The lowest BCUT2D eigenvalue weighted by molar-refractivity contribution is 0.444. The highest BCUT2D eigenvalue weighted by atomic mass is 35.5. The van der Waals surface area contributed by atoms with Gasteiger partial charge in [0.1, 0.15) is 0 Å². The smallest absolute Gasteiger partial charge is 0.408 e. The molecule has 0 bridgehead atoms. The molecule has 114 valence electrons. The van der Waals surface area contributed by atoms with Crippen LogP contribution in [0.4, 0.5) is 0 Å². The van der Waals surface area contributed by atoms with E-state index in [4.69, 9.17) is 16.0 Å². The van der Waals surface area contributed by atoms with E-state index in [2.05, 4.69) is 0 Å². The number of oxazole rings is 1. The van der Waals surface area contributed by atoms with E-state index in [1.807, 2.05) is 25.1 Å². The standard InChI is InChI=1S/C17H22ClNO2/c1-2-19-14-10-9-13(11-15(14)21-17(19)20)16(18)12-7-5-3-4-6-8-12/h9-12,16H,2-8H2,1H3. The molecule has 1 unspecified atom stereocenters. The third-order valence-electron chi connectivity index (χ3n) is 4.64. The van der Waals surface area contributed by atoms with Gasteiger partial charge in [-0.1, -0.05) is 31.7 Å². The fourth-order valence-electron chi connectivity index (χ4n) is 3.43. The van der Waals surface area contributed by atoms with Crippen molar-refractivity contribution in [1.29, 1.82) is 0 Å². The number of nitrogens with zero attached hydrogens (tertiary/aromatic N) is 1. The quantitative estimate of drug-likeness (QED) is 0.599. The highest BCUT2D eigenvalue weighted by molar-refractivity contribution is 6.21. The van der Waals surface area contributed by atoms with Gasteiger partial charge in [-0.15, -0.1) is 11.6 Å². The van der Waals surface area contributed by atoms with Gasteiger partial charge in [0.2, 0.25) is 0 Å². The Morgan fingerprint density at radius 3 is 2.67 bits per heavy atom. The molecule has 3 rings (SSSR count). The van der Waals surface area contributed by atoms with Gasteiger partial charge >= 0.3 is 5.76 Å². The number of aryl methyl sites for hydroxylation is 1. The van der Waals surface area contributed by atoms with Crippen molar-refractivity contribution in [3.63, 3.8) is 0 Å². The van der Waals surface area contributed by atoms with E-state index >= 15 is 0 Å². The summed E-state index contributed by atoms with van der Waals surface area (Å²) in [5.41, 5.74) is 2.59. The van der Waals surface area contributed by atoms with Crippen molar-refractivity contribution in [2.24, 2.45) is 5.92 Å². The molecule has 1 heterocycles. The number of hydrogen-bond donors (Lipinski definition) is 0. The maximum Gasteiger partial charge on any atom is 0.419 e. The summed E-state index contributed by atoms with van der Waals surface area (Å²) in [6.07, 6.45) is 7.60. The minimum atomic E-state index is -0.287. The Morgan fingerprint density at radius 2 is 2.00 bits per heavy atom. The molecule has 1 aliphatic rings. The molecule has 2 aromatic rings. The van der Waals surface area contributed by atoms with Crippen LogP contribution in [0, 0.1) is 5.92 Å². The van der Waals surface area contributed by atoms with Crippen LogP contribution in [0.5, 0.6) is 0 Å².